The number of alkyl halides is 2. The molecule has 3 rings (SSSR count). The van der Waals surface area contributed by atoms with Gasteiger partial charge < -0.3 is 9.84 Å². The predicted octanol–water partition coefficient (Wildman–Crippen LogP) is 2.44. The summed E-state index contributed by atoms with van der Waals surface area (Å²) in [5.41, 5.74) is 0. The zero-order chi connectivity index (χ0) is 12.6. The Balaban J connectivity index is 1.72. The largest absolute Gasteiger partial charge is 0.339 e. The molecule has 1 aliphatic heterocycles. The standard InChI is InChI=1S/C12H17F2N3O/c13-12(14)4-1-2-8(6-12)10-16-11(18-17-10)9-3-5-15-7-9/h8-9,15H,1-7H2. The molecule has 0 amide bonds. The second-order valence-electron chi connectivity index (χ2n) is 5.33. The summed E-state index contributed by atoms with van der Waals surface area (Å²) in [7, 11) is 0. The average molecular weight is 257 g/mol. The zero-order valence-electron chi connectivity index (χ0n) is 10.2. The lowest BCUT2D eigenvalue weighted by Gasteiger charge is -2.26. The molecular formula is C12H17F2N3O. The van der Waals surface area contributed by atoms with E-state index in [0.717, 1.165) is 25.9 Å². The Hall–Kier alpha value is -1.04. The number of rotatable bonds is 2. The van der Waals surface area contributed by atoms with Crippen LogP contribution in [0.1, 0.15) is 55.7 Å². The third-order valence-corrected chi connectivity index (χ3v) is 3.87. The molecule has 6 heteroatoms. The highest BCUT2D eigenvalue weighted by Gasteiger charge is 2.39. The molecule has 1 N–H and O–H groups in total. The number of aromatic nitrogens is 2. The molecule has 1 aliphatic carbocycles. The van der Waals surface area contributed by atoms with Crippen LogP contribution in [0.5, 0.6) is 0 Å². The molecule has 18 heavy (non-hydrogen) atoms. The number of nitrogens with zero attached hydrogens (tertiary/aromatic N) is 2. The van der Waals surface area contributed by atoms with Gasteiger partial charge in [-0.1, -0.05) is 5.16 Å². The first kappa shape index (κ1) is 12.0. The monoisotopic (exact) mass is 257 g/mol. The molecule has 1 aromatic heterocycles. The Morgan fingerprint density at radius 3 is 2.89 bits per heavy atom. The van der Waals surface area contributed by atoms with E-state index < -0.39 is 5.92 Å². The first-order chi connectivity index (χ1) is 8.64. The highest BCUT2D eigenvalue weighted by Crippen LogP contribution is 2.41. The zero-order valence-corrected chi connectivity index (χ0v) is 10.2. The van der Waals surface area contributed by atoms with Crippen molar-refractivity contribution in [2.75, 3.05) is 13.1 Å². The van der Waals surface area contributed by atoms with Gasteiger partial charge in [0.25, 0.3) is 0 Å². The van der Waals surface area contributed by atoms with E-state index in [0.29, 0.717) is 18.1 Å². The second kappa shape index (κ2) is 4.57. The van der Waals surface area contributed by atoms with Crippen molar-refractivity contribution in [3.63, 3.8) is 0 Å². The minimum Gasteiger partial charge on any atom is -0.339 e. The van der Waals surface area contributed by atoms with Crippen LogP contribution in [0.2, 0.25) is 0 Å². The molecule has 2 fully saturated rings. The van der Waals surface area contributed by atoms with Gasteiger partial charge in [0, 0.05) is 25.3 Å². The molecule has 0 spiro atoms. The Labute approximate surface area is 104 Å². The summed E-state index contributed by atoms with van der Waals surface area (Å²) in [5, 5.41) is 7.13. The van der Waals surface area contributed by atoms with Gasteiger partial charge in [0.2, 0.25) is 11.8 Å². The first-order valence-electron chi connectivity index (χ1n) is 6.56. The SMILES string of the molecule is FC1(F)CCCC(c2noc(C3CCNC3)n2)C1. The van der Waals surface area contributed by atoms with Crippen molar-refractivity contribution >= 4 is 0 Å². The fraction of sp³-hybridized carbons (Fsp3) is 0.833. The van der Waals surface area contributed by atoms with Crippen molar-refractivity contribution < 1.29 is 13.3 Å². The van der Waals surface area contributed by atoms with E-state index in [2.05, 4.69) is 15.5 Å². The van der Waals surface area contributed by atoms with Crippen LogP contribution in [0.4, 0.5) is 8.78 Å². The van der Waals surface area contributed by atoms with Gasteiger partial charge in [0.15, 0.2) is 5.82 Å². The molecule has 100 valence electrons. The summed E-state index contributed by atoms with van der Waals surface area (Å²) in [6, 6.07) is 0. The normalized spacial score (nSPS) is 31.7. The van der Waals surface area contributed by atoms with Crippen LogP contribution in [-0.4, -0.2) is 29.2 Å². The van der Waals surface area contributed by atoms with Crippen LogP contribution in [0, 0.1) is 0 Å². The van der Waals surface area contributed by atoms with Crippen molar-refractivity contribution in [1.29, 1.82) is 0 Å². The van der Waals surface area contributed by atoms with Gasteiger partial charge in [-0.2, -0.15) is 4.98 Å². The van der Waals surface area contributed by atoms with Crippen LogP contribution in [0.15, 0.2) is 4.52 Å². The van der Waals surface area contributed by atoms with E-state index in [1.807, 2.05) is 0 Å². The summed E-state index contributed by atoms with van der Waals surface area (Å²) >= 11 is 0. The molecule has 1 saturated carbocycles. The Morgan fingerprint density at radius 1 is 1.28 bits per heavy atom. The van der Waals surface area contributed by atoms with E-state index in [-0.39, 0.29) is 24.7 Å². The Bertz CT molecular complexity index is 415. The van der Waals surface area contributed by atoms with Gasteiger partial charge in [-0.15, -0.1) is 0 Å². The number of hydrogen-bond donors (Lipinski definition) is 1. The van der Waals surface area contributed by atoms with Gasteiger partial charge in [0.05, 0.1) is 5.92 Å². The minimum atomic E-state index is -2.57. The number of nitrogens with one attached hydrogen (secondary N) is 1. The molecule has 0 radical (unpaired) electrons. The molecular weight excluding hydrogens is 240 g/mol. The predicted molar refractivity (Wildman–Crippen MR) is 60.7 cm³/mol. The van der Waals surface area contributed by atoms with Crippen molar-refractivity contribution in [1.82, 2.24) is 15.5 Å². The van der Waals surface area contributed by atoms with E-state index in [4.69, 9.17) is 4.52 Å². The highest BCUT2D eigenvalue weighted by atomic mass is 19.3. The van der Waals surface area contributed by atoms with Gasteiger partial charge in [-0.05, 0) is 25.8 Å². The van der Waals surface area contributed by atoms with Gasteiger partial charge in [0.1, 0.15) is 0 Å². The van der Waals surface area contributed by atoms with Crippen LogP contribution in [0.3, 0.4) is 0 Å². The maximum Gasteiger partial charge on any atom is 0.248 e. The van der Waals surface area contributed by atoms with Gasteiger partial charge in [-0.25, -0.2) is 8.78 Å². The summed E-state index contributed by atoms with van der Waals surface area (Å²) in [4.78, 5) is 4.33. The van der Waals surface area contributed by atoms with Gasteiger partial charge >= 0.3 is 0 Å². The van der Waals surface area contributed by atoms with E-state index in [1.165, 1.54) is 0 Å². The topological polar surface area (TPSA) is 51.0 Å². The van der Waals surface area contributed by atoms with Crippen LogP contribution in [-0.2, 0) is 0 Å². The van der Waals surface area contributed by atoms with Crippen molar-refractivity contribution in [2.24, 2.45) is 0 Å². The summed E-state index contributed by atoms with van der Waals surface area (Å²) in [6.07, 6.45) is 2.09. The quantitative estimate of drug-likeness (QED) is 0.884. The van der Waals surface area contributed by atoms with Crippen molar-refractivity contribution in [3.05, 3.63) is 11.7 Å². The first-order valence-corrected chi connectivity index (χ1v) is 6.56. The Morgan fingerprint density at radius 2 is 2.17 bits per heavy atom. The molecule has 2 atom stereocenters. The third kappa shape index (κ3) is 2.39. The summed E-state index contributed by atoms with van der Waals surface area (Å²) in [5.74, 6) is -1.50. The lowest BCUT2D eigenvalue weighted by Crippen LogP contribution is -2.25. The molecule has 2 aliphatic rings. The molecule has 4 nitrogen and oxygen atoms in total. The lowest BCUT2D eigenvalue weighted by molar-refractivity contribution is -0.0418. The summed E-state index contributed by atoms with van der Waals surface area (Å²) in [6.45, 7) is 1.78. The molecule has 2 heterocycles. The Kier molecular flexibility index (Phi) is 3.05. The fourth-order valence-corrected chi connectivity index (χ4v) is 2.84. The third-order valence-electron chi connectivity index (χ3n) is 3.87. The van der Waals surface area contributed by atoms with E-state index in [1.54, 1.807) is 0 Å². The van der Waals surface area contributed by atoms with Crippen LogP contribution >= 0.6 is 0 Å². The van der Waals surface area contributed by atoms with E-state index >= 15 is 0 Å². The smallest absolute Gasteiger partial charge is 0.248 e. The molecule has 0 aromatic carbocycles. The second-order valence-corrected chi connectivity index (χ2v) is 5.33. The maximum absolute atomic E-state index is 13.4. The van der Waals surface area contributed by atoms with Gasteiger partial charge in [-0.3, -0.25) is 0 Å². The number of halogens is 2. The van der Waals surface area contributed by atoms with Crippen molar-refractivity contribution in [3.8, 4) is 0 Å². The highest BCUT2D eigenvalue weighted by molar-refractivity contribution is 5.03. The van der Waals surface area contributed by atoms with Crippen LogP contribution in [0.25, 0.3) is 0 Å². The molecule has 2 unspecified atom stereocenters. The maximum atomic E-state index is 13.4. The molecule has 0 bridgehead atoms. The minimum absolute atomic E-state index is 0.0131. The fourth-order valence-electron chi connectivity index (χ4n) is 2.84. The van der Waals surface area contributed by atoms with Crippen LogP contribution < -0.4 is 5.32 Å². The number of hydrogen-bond acceptors (Lipinski definition) is 4. The average Bonchev–Trinajstić information content (AvgIpc) is 2.99. The summed E-state index contributed by atoms with van der Waals surface area (Å²) < 4.78 is 31.9. The lowest BCUT2D eigenvalue weighted by atomic mass is 9.86. The van der Waals surface area contributed by atoms with Crippen molar-refractivity contribution in [2.45, 2.75) is 49.9 Å². The van der Waals surface area contributed by atoms with E-state index in [9.17, 15) is 8.78 Å². The molecule has 1 aromatic rings. The molecule has 1 saturated heterocycles.